The van der Waals surface area contributed by atoms with Gasteiger partial charge in [-0.15, -0.1) is 5.10 Å². The van der Waals surface area contributed by atoms with Crippen LogP contribution in [0.2, 0.25) is 0 Å². The average Bonchev–Trinajstić information content (AvgIpc) is 2.56. The highest BCUT2D eigenvalue weighted by Crippen LogP contribution is 2.23. The van der Waals surface area contributed by atoms with Crippen molar-refractivity contribution in [2.45, 2.75) is 43.6 Å². The largest absolute Gasteiger partial charge is 0.344 e. The lowest BCUT2D eigenvalue weighted by atomic mass is 10.4. The van der Waals surface area contributed by atoms with E-state index in [9.17, 15) is 4.79 Å². The number of nitrogens with zero attached hydrogens (tertiary/aromatic N) is 3. The molecule has 1 atom stereocenters. The van der Waals surface area contributed by atoms with Crippen LogP contribution in [0.15, 0.2) is 9.95 Å². The van der Waals surface area contributed by atoms with Gasteiger partial charge in [-0.2, -0.15) is 5.26 Å². The van der Waals surface area contributed by atoms with Gasteiger partial charge in [0.15, 0.2) is 5.16 Å². The van der Waals surface area contributed by atoms with Crippen molar-refractivity contribution >= 4 is 11.8 Å². The molecular weight excluding hydrogens is 212 g/mol. The van der Waals surface area contributed by atoms with Crippen LogP contribution < -0.4 is 5.69 Å². The third kappa shape index (κ3) is 2.63. The van der Waals surface area contributed by atoms with E-state index in [1.807, 2.05) is 20.8 Å². The monoisotopic (exact) mass is 226 g/mol. The Bertz CT molecular complexity index is 414. The molecule has 1 unspecified atom stereocenters. The predicted octanol–water partition coefficient (Wildman–Crippen LogP) is 1.55. The maximum Gasteiger partial charge on any atom is 0.344 e. The van der Waals surface area contributed by atoms with Crippen molar-refractivity contribution in [2.24, 2.45) is 0 Å². The number of hydrogen-bond acceptors (Lipinski definition) is 4. The molecule has 0 amide bonds. The summed E-state index contributed by atoms with van der Waals surface area (Å²) in [6, 6.07) is 2.22. The second kappa shape index (κ2) is 5.03. The molecule has 0 saturated carbocycles. The Balaban J connectivity index is 2.96. The first kappa shape index (κ1) is 11.9. The zero-order valence-electron chi connectivity index (χ0n) is 9.02. The molecule has 0 bridgehead atoms. The van der Waals surface area contributed by atoms with Gasteiger partial charge in [0.05, 0.1) is 11.3 Å². The standard InChI is InChI=1S/C9H14N4OS/c1-4-7(5-10)15-9-12-11-8(14)13(9)6(2)3/h6-7H,4H2,1-3H3,(H,11,14). The minimum absolute atomic E-state index is 0.0509. The van der Waals surface area contributed by atoms with Crippen LogP contribution in [0, 0.1) is 11.3 Å². The van der Waals surface area contributed by atoms with Gasteiger partial charge >= 0.3 is 5.69 Å². The van der Waals surface area contributed by atoms with E-state index in [0.717, 1.165) is 6.42 Å². The van der Waals surface area contributed by atoms with Crippen molar-refractivity contribution in [2.75, 3.05) is 0 Å². The Hall–Kier alpha value is -1.22. The molecule has 82 valence electrons. The summed E-state index contributed by atoms with van der Waals surface area (Å²) < 4.78 is 1.56. The molecular formula is C9H14N4OS. The second-order valence-corrected chi connectivity index (χ2v) is 4.59. The molecule has 0 aliphatic carbocycles. The third-order valence-corrected chi connectivity index (χ3v) is 3.17. The van der Waals surface area contributed by atoms with Crippen molar-refractivity contribution in [3.05, 3.63) is 10.5 Å². The van der Waals surface area contributed by atoms with Crippen molar-refractivity contribution in [1.29, 1.82) is 5.26 Å². The number of H-pyrrole nitrogens is 1. The van der Waals surface area contributed by atoms with Gasteiger partial charge in [-0.05, 0) is 20.3 Å². The van der Waals surface area contributed by atoms with Crippen LogP contribution in [0.25, 0.3) is 0 Å². The van der Waals surface area contributed by atoms with Crippen LogP contribution in [-0.2, 0) is 0 Å². The van der Waals surface area contributed by atoms with E-state index in [4.69, 9.17) is 5.26 Å². The van der Waals surface area contributed by atoms with Gasteiger partial charge in [0.1, 0.15) is 0 Å². The number of hydrogen-bond donors (Lipinski definition) is 1. The molecule has 1 heterocycles. The lowest BCUT2D eigenvalue weighted by Crippen LogP contribution is -2.19. The third-order valence-electron chi connectivity index (χ3n) is 1.95. The van der Waals surface area contributed by atoms with E-state index >= 15 is 0 Å². The first-order valence-corrected chi connectivity index (χ1v) is 5.71. The van der Waals surface area contributed by atoms with Crippen LogP contribution in [0.4, 0.5) is 0 Å². The first-order valence-electron chi connectivity index (χ1n) is 4.83. The molecule has 1 aromatic heterocycles. The Morgan fingerprint density at radius 1 is 1.67 bits per heavy atom. The van der Waals surface area contributed by atoms with Gasteiger partial charge in [0, 0.05) is 6.04 Å². The fourth-order valence-corrected chi connectivity index (χ4v) is 2.14. The van der Waals surface area contributed by atoms with Gasteiger partial charge in [0.25, 0.3) is 0 Å². The number of aromatic amines is 1. The van der Waals surface area contributed by atoms with E-state index in [1.54, 1.807) is 4.57 Å². The highest BCUT2D eigenvalue weighted by atomic mass is 32.2. The van der Waals surface area contributed by atoms with Crippen molar-refractivity contribution < 1.29 is 0 Å². The summed E-state index contributed by atoms with van der Waals surface area (Å²) in [7, 11) is 0. The van der Waals surface area contributed by atoms with Crippen LogP contribution in [0.5, 0.6) is 0 Å². The molecule has 15 heavy (non-hydrogen) atoms. The second-order valence-electron chi connectivity index (χ2n) is 3.42. The molecule has 0 spiro atoms. The molecule has 6 heteroatoms. The lowest BCUT2D eigenvalue weighted by Gasteiger charge is -2.09. The van der Waals surface area contributed by atoms with Crippen LogP contribution in [0.1, 0.15) is 33.2 Å². The lowest BCUT2D eigenvalue weighted by molar-refractivity contribution is 0.533. The molecule has 0 aliphatic rings. The topological polar surface area (TPSA) is 74.5 Å². The van der Waals surface area contributed by atoms with Gasteiger partial charge in [-0.3, -0.25) is 4.57 Å². The maximum atomic E-state index is 11.4. The fourth-order valence-electron chi connectivity index (χ4n) is 1.16. The molecule has 0 aliphatic heterocycles. The normalized spacial score (nSPS) is 12.7. The number of nitriles is 1. The highest BCUT2D eigenvalue weighted by Gasteiger charge is 2.16. The number of aromatic nitrogens is 3. The first-order chi connectivity index (χ1) is 7.10. The minimum atomic E-state index is -0.222. The molecule has 0 aromatic carbocycles. The van der Waals surface area contributed by atoms with Crippen molar-refractivity contribution in [3.8, 4) is 6.07 Å². The van der Waals surface area contributed by atoms with Crippen LogP contribution >= 0.6 is 11.8 Å². The zero-order chi connectivity index (χ0) is 11.4. The van der Waals surface area contributed by atoms with E-state index in [-0.39, 0.29) is 17.0 Å². The van der Waals surface area contributed by atoms with Gasteiger partial charge in [-0.1, -0.05) is 18.7 Å². The molecule has 1 aromatic rings. The Morgan fingerprint density at radius 3 is 2.80 bits per heavy atom. The zero-order valence-corrected chi connectivity index (χ0v) is 9.84. The van der Waals surface area contributed by atoms with Crippen molar-refractivity contribution in [1.82, 2.24) is 14.8 Å². The SMILES string of the molecule is CCC(C#N)Sc1n[nH]c(=O)n1C(C)C. The number of nitrogens with one attached hydrogen (secondary N) is 1. The van der Waals surface area contributed by atoms with Crippen molar-refractivity contribution in [3.63, 3.8) is 0 Å². The summed E-state index contributed by atoms with van der Waals surface area (Å²) in [6.45, 7) is 5.76. The summed E-state index contributed by atoms with van der Waals surface area (Å²) in [4.78, 5) is 11.4. The van der Waals surface area contributed by atoms with E-state index in [0.29, 0.717) is 5.16 Å². The summed E-state index contributed by atoms with van der Waals surface area (Å²) in [5.74, 6) is 0. The van der Waals surface area contributed by atoms with E-state index < -0.39 is 0 Å². The van der Waals surface area contributed by atoms with E-state index in [2.05, 4.69) is 16.3 Å². The smallest absolute Gasteiger partial charge is 0.268 e. The Kier molecular flexibility index (Phi) is 3.97. The Labute approximate surface area is 92.5 Å². The average molecular weight is 226 g/mol. The van der Waals surface area contributed by atoms with Gasteiger partial charge < -0.3 is 0 Å². The molecule has 1 rings (SSSR count). The molecule has 1 N–H and O–H groups in total. The molecule has 5 nitrogen and oxygen atoms in total. The highest BCUT2D eigenvalue weighted by molar-refractivity contribution is 8.00. The molecule has 0 fully saturated rings. The van der Waals surface area contributed by atoms with Gasteiger partial charge in [-0.25, -0.2) is 9.89 Å². The minimum Gasteiger partial charge on any atom is -0.268 e. The Morgan fingerprint density at radius 2 is 2.33 bits per heavy atom. The quantitative estimate of drug-likeness (QED) is 0.790. The summed E-state index contributed by atoms with van der Waals surface area (Å²) >= 11 is 1.32. The summed E-state index contributed by atoms with van der Waals surface area (Å²) in [5, 5.41) is 15.6. The molecule has 0 saturated heterocycles. The van der Waals surface area contributed by atoms with Crippen LogP contribution in [-0.4, -0.2) is 20.0 Å². The number of rotatable bonds is 4. The summed E-state index contributed by atoms with van der Waals surface area (Å²) in [5.41, 5.74) is -0.222. The maximum absolute atomic E-state index is 11.4. The van der Waals surface area contributed by atoms with Gasteiger partial charge in [0.2, 0.25) is 0 Å². The fraction of sp³-hybridized carbons (Fsp3) is 0.667. The summed E-state index contributed by atoms with van der Waals surface area (Å²) in [6.07, 6.45) is 0.736. The predicted molar refractivity (Wildman–Crippen MR) is 58.8 cm³/mol. The van der Waals surface area contributed by atoms with Crippen LogP contribution in [0.3, 0.4) is 0 Å². The number of thioether (sulfide) groups is 1. The molecule has 0 radical (unpaired) electrons. The van der Waals surface area contributed by atoms with E-state index in [1.165, 1.54) is 11.8 Å².